The number of rotatable bonds is 6. The van der Waals surface area contributed by atoms with Gasteiger partial charge < -0.3 is 10.6 Å². The Morgan fingerprint density at radius 2 is 1.96 bits per heavy atom. The summed E-state index contributed by atoms with van der Waals surface area (Å²) in [4.78, 5) is 11.1. The van der Waals surface area contributed by atoms with Gasteiger partial charge in [0.1, 0.15) is 12.2 Å². The number of aromatic nitrogens is 3. The quantitative estimate of drug-likeness (QED) is 0.365. The van der Waals surface area contributed by atoms with Gasteiger partial charge in [0.15, 0.2) is 5.96 Å². The van der Waals surface area contributed by atoms with Crippen molar-refractivity contribution in [2.45, 2.75) is 39.4 Å². The zero-order chi connectivity index (χ0) is 19.1. The van der Waals surface area contributed by atoms with Crippen LogP contribution in [0.1, 0.15) is 36.7 Å². The van der Waals surface area contributed by atoms with Gasteiger partial charge in [-0.25, -0.2) is 4.98 Å². The van der Waals surface area contributed by atoms with Crippen molar-refractivity contribution in [1.29, 1.82) is 0 Å². The monoisotopic (exact) mass is 497 g/mol. The predicted molar refractivity (Wildman–Crippen MR) is 124 cm³/mol. The van der Waals surface area contributed by atoms with Crippen molar-refractivity contribution in [1.82, 2.24) is 30.3 Å². The highest BCUT2D eigenvalue weighted by Crippen LogP contribution is 2.19. The lowest BCUT2D eigenvalue weighted by Gasteiger charge is -2.31. The molecule has 0 aliphatic carbocycles. The summed E-state index contributed by atoms with van der Waals surface area (Å²) < 4.78 is 1.76. The van der Waals surface area contributed by atoms with Crippen LogP contribution in [0.25, 0.3) is 0 Å². The maximum Gasteiger partial charge on any atom is 0.191 e. The molecule has 154 valence electrons. The molecule has 1 saturated heterocycles. The fourth-order valence-corrected chi connectivity index (χ4v) is 3.60. The van der Waals surface area contributed by atoms with Crippen molar-refractivity contribution in [3.05, 3.63) is 47.5 Å². The van der Waals surface area contributed by atoms with Crippen LogP contribution in [0, 0.1) is 5.92 Å². The van der Waals surface area contributed by atoms with Crippen LogP contribution in [-0.4, -0.2) is 45.8 Å². The minimum atomic E-state index is 0. The zero-order valence-corrected chi connectivity index (χ0v) is 19.4. The summed E-state index contributed by atoms with van der Waals surface area (Å²) in [6.07, 6.45) is 4.22. The molecule has 28 heavy (non-hydrogen) atoms. The fraction of sp³-hybridized carbons (Fsp3) is 0.550. The number of nitrogens with zero attached hydrogens (tertiary/aromatic N) is 5. The standard InChI is InChI=1S/C20H31N7.HI/c1-16-7-6-10-27(13-16)14-18-9-5-4-8-17(18)11-22-20(21-2)23-12-19-24-15-25-26(19)3;/h4-5,8-9,15-16H,6-7,10-14H2,1-3H3,(H2,21,22,23);1H. The van der Waals surface area contributed by atoms with Gasteiger partial charge in [-0.05, 0) is 36.4 Å². The van der Waals surface area contributed by atoms with Gasteiger partial charge in [-0.1, -0.05) is 31.2 Å². The summed E-state index contributed by atoms with van der Waals surface area (Å²) >= 11 is 0. The highest BCUT2D eigenvalue weighted by atomic mass is 127. The maximum absolute atomic E-state index is 4.31. The summed E-state index contributed by atoms with van der Waals surface area (Å²) in [5.74, 6) is 2.43. The lowest BCUT2D eigenvalue weighted by atomic mass is 9.99. The van der Waals surface area contributed by atoms with Crippen molar-refractivity contribution in [3.8, 4) is 0 Å². The van der Waals surface area contributed by atoms with E-state index in [1.54, 1.807) is 18.1 Å². The molecule has 8 heteroatoms. The van der Waals surface area contributed by atoms with Crippen LogP contribution in [0.3, 0.4) is 0 Å². The van der Waals surface area contributed by atoms with Gasteiger partial charge in [-0.15, -0.1) is 24.0 Å². The Bertz CT molecular complexity index is 759. The Kier molecular flexibility index (Phi) is 9.17. The summed E-state index contributed by atoms with van der Waals surface area (Å²) in [5, 5.41) is 10.8. The second kappa shape index (κ2) is 11.4. The Morgan fingerprint density at radius 1 is 1.21 bits per heavy atom. The number of aryl methyl sites for hydroxylation is 1. The molecule has 0 spiro atoms. The Labute approximate surface area is 185 Å². The third-order valence-corrected chi connectivity index (χ3v) is 5.14. The van der Waals surface area contributed by atoms with E-state index in [0.717, 1.165) is 30.8 Å². The van der Waals surface area contributed by atoms with E-state index in [2.05, 4.69) is 61.8 Å². The van der Waals surface area contributed by atoms with Gasteiger partial charge >= 0.3 is 0 Å². The van der Waals surface area contributed by atoms with Gasteiger partial charge in [-0.3, -0.25) is 14.6 Å². The van der Waals surface area contributed by atoms with Crippen LogP contribution < -0.4 is 10.6 Å². The van der Waals surface area contributed by atoms with Crippen LogP contribution in [0.4, 0.5) is 0 Å². The highest BCUT2D eigenvalue weighted by Gasteiger charge is 2.17. The number of likely N-dealkylation sites (tertiary alicyclic amines) is 1. The molecule has 0 radical (unpaired) electrons. The topological polar surface area (TPSA) is 70.4 Å². The first-order valence-corrected chi connectivity index (χ1v) is 9.72. The van der Waals surface area contributed by atoms with Gasteiger partial charge in [0, 0.05) is 33.7 Å². The van der Waals surface area contributed by atoms with E-state index in [9.17, 15) is 0 Å². The van der Waals surface area contributed by atoms with E-state index in [-0.39, 0.29) is 24.0 Å². The molecule has 2 aromatic rings. The predicted octanol–water partition coefficient (Wildman–Crippen LogP) is 2.53. The van der Waals surface area contributed by atoms with Crippen LogP contribution in [-0.2, 0) is 26.7 Å². The number of halogens is 1. The van der Waals surface area contributed by atoms with E-state index < -0.39 is 0 Å². The Morgan fingerprint density at radius 3 is 2.64 bits per heavy atom. The van der Waals surface area contributed by atoms with Crippen LogP contribution in [0.2, 0.25) is 0 Å². The van der Waals surface area contributed by atoms with Gasteiger partial charge in [0.2, 0.25) is 0 Å². The molecule has 3 rings (SSSR count). The van der Waals surface area contributed by atoms with E-state index in [1.807, 2.05) is 7.05 Å². The molecule has 1 aliphatic rings. The summed E-state index contributed by atoms with van der Waals surface area (Å²) in [6.45, 7) is 7.11. The average molecular weight is 497 g/mol. The second-order valence-electron chi connectivity index (χ2n) is 7.33. The first-order valence-electron chi connectivity index (χ1n) is 9.72. The average Bonchev–Trinajstić information content (AvgIpc) is 3.08. The molecule has 1 fully saturated rings. The smallest absolute Gasteiger partial charge is 0.191 e. The number of nitrogens with one attached hydrogen (secondary N) is 2. The van der Waals surface area contributed by atoms with E-state index in [1.165, 1.54) is 37.1 Å². The lowest BCUT2D eigenvalue weighted by Crippen LogP contribution is -2.37. The fourth-order valence-electron chi connectivity index (χ4n) is 3.60. The summed E-state index contributed by atoms with van der Waals surface area (Å²) in [6, 6.07) is 8.68. The molecule has 2 N–H and O–H groups in total. The summed E-state index contributed by atoms with van der Waals surface area (Å²) in [7, 11) is 3.67. The zero-order valence-electron chi connectivity index (χ0n) is 17.1. The van der Waals surface area contributed by atoms with Crippen molar-refractivity contribution >= 4 is 29.9 Å². The molecule has 1 atom stereocenters. The minimum Gasteiger partial charge on any atom is -0.352 e. The maximum atomic E-state index is 4.31. The van der Waals surface area contributed by atoms with Gasteiger partial charge in [0.05, 0.1) is 6.54 Å². The van der Waals surface area contributed by atoms with Gasteiger partial charge in [-0.2, -0.15) is 5.10 Å². The molecule has 1 aromatic carbocycles. The van der Waals surface area contributed by atoms with Crippen LogP contribution in [0.5, 0.6) is 0 Å². The van der Waals surface area contributed by atoms with Crippen molar-refractivity contribution in [3.63, 3.8) is 0 Å². The molecule has 1 unspecified atom stereocenters. The largest absolute Gasteiger partial charge is 0.352 e. The first-order chi connectivity index (χ1) is 13.2. The van der Waals surface area contributed by atoms with Crippen LogP contribution in [0.15, 0.2) is 35.6 Å². The highest BCUT2D eigenvalue weighted by molar-refractivity contribution is 14.0. The van der Waals surface area contributed by atoms with Crippen LogP contribution >= 0.6 is 24.0 Å². The molecule has 0 amide bonds. The van der Waals surface area contributed by atoms with Crippen molar-refractivity contribution < 1.29 is 0 Å². The van der Waals surface area contributed by atoms with E-state index >= 15 is 0 Å². The molecule has 2 heterocycles. The molecule has 7 nitrogen and oxygen atoms in total. The number of hydrogen-bond acceptors (Lipinski definition) is 4. The third kappa shape index (κ3) is 6.44. The Hall–Kier alpha value is -1.68. The Balaban J connectivity index is 0.00000280. The molecule has 1 aliphatic heterocycles. The second-order valence-corrected chi connectivity index (χ2v) is 7.33. The minimum absolute atomic E-state index is 0. The number of piperidine rings is 1. The molecule has 0 bridgehead atoms. The van der Waals surface area contributed by atoms with E-state index in [0.29, 0.717) is 6.54 Å². The number of hydrogen-bond donors (Lipinski definition) is 2. The molecular formula is C20H32IN7. The third-order valence-electron chi connectivity index (χ3n) is 5.14. The summed E-state index contributed by atoms with van der Waals surface area (Å²) in [5.41, 5.74) is 2.71. The van der Waals surface area contributed by atoms with Gasteiger partial charge in [0.25, 0.3) is 0 Å². The number of guanidine groups is 1. The van der Waals surface area contributed by atoms with E-state index in [4.69, 9.17) is 0 Å². The molecule has 1 aromatic heterocycles. The normalized spacial score (nSPS) is 17.8. The molecule has 0 saturated carbocycles. The molecular weight excluding hydrogens is 465 g/mol. The lowest BCUT2D eigenvalue weighted by molar-refractivity contribution is 0.176. The number of aliphatic imine (C=N–C) groups is 1. The number of benzene rings is 1. The first kappa shape index (κ1) is 22.6. The SMILES string of the molecule is CN=C(NCc1ccccc1CN1CCCC(C)C1)NCc1ncnn1C.I. The van der Waals surface area contributed by atoms with Crippen molar-refractivity contribution in [2.24, 2.45) is 18.0 Å². The van der Waals surface area contributed by atoms with Crippen molar-refractivity contribution in [2.75, 3.05) is 20.1 Å².